The van der Waals surface area contributed by atoms with Gasteiger partial charge in [-0.1, -0.05) is 32.3 Å². The Kier molecular flexibility index (Phi) is 8.42. The average Bonchev–Trinajstić information content (AvgIpc) is 2.63. The molecule has 0 aromatic heterocycles. The first-order chi connectivity index (χ1) is 12.1. The number of hydrogen-bond acceptors (Lipinski definition) is 3. The molecule has 4 heteroatoms. The predicted octanol–water partition coefficient (Wildman–Crippen LogP) is 3.66. The standard InChI is InChI=1S/C21H34N2O2/c1-4-5-6-7-10-23(12-11-22-13-15-25-16-14-22)21(24)20-9-8-18(2)19(3)17-20/h8-9,17H,4-7,10-16H2,1-3H3. The average molecular weight is 347 g/mol. The second kappa shape index (κ2) is 10.6. The Balaban J connectivity index is 1.97. The summed E-state index contributed by atoms with van der Waals surface area (Å²) in [5, 5.41) is 0. The molecule has 0 N–H and O–H groups in total. The zero-order valence-electron chi connectivity index (χ0n) is 16.2. The highest BCUT2D eigenvalue weighted by molar-refractivity contribution is 5.94. The number of unbranched alkanes of at least 4 members (excludes halogenated alkanes) is 3. The molecule has 0 radical (unpaired) electrons. The Morgan fingerprint density at radius 1 is 1.08 bits per heavy atom. The van der Waals surface area contributed by atoms with Crippen LogP contribution in [0.25, 0.3) is 0 Å². The third-order valence-electron chi connectivity index (χ3n) is 5.11. The Hall–Kier alpha value is -1.39. The molecule has 2 rings (SSSR count). The van der Waals surface area contributed by atoms with Crippen LogP contribution in [0.4, 0.5) is 0 Å². The van der Waals surface area contributed by atoms with Gasteiger partial charge in [0.2, 0.25) is 0 Å². The molecule has 4 nitrogen and oxygen atoms in total. The van der Waals surface area contributed by atoms with Gasteiger partial charge in [-0.05, 0) is 43.5 Å². The summed E-state index contributed by atoms with van der Waals surface area (Å²) in [6, 6.07) is 6.06. The van der Waals surface area contributed by atoms with Crippen LogP contribution in [0.2, 0.25) is 0 Å². The van der Waals surface area contributed by atoms with E-state index in [2.05, 4.69) is 36.6 Å². The number of morpholine rings is 1. The number of nitrogens with zero attached hydrogens (tertiary/aromatic N) is 2. The summed E-state index contributed by atoms with van der Waals surface area (Å²) in [7, 11) is 0. The summed E-state index contributed by atoms with van der Waals surface area (Å²) in [6.45, 7) is 12.5. The Labute approximate surface area is 153 Å². The quantitative estimate of drug-likeness (QED) is 0.640. The highest BCUT2D eigenvalue weighted by Crippen LogP contribution is 2.13. The van der Waals surface area contributed by atoms with Gasteiger partial charge in [-0.2, -0.15) is 0 Å². The van der Waals surface area contributed by atoms with Crippen LogP contribution < -0.4 is 0 Å². The van der Waals surface area contributed by atoms with E-state index in [-0.39, 0.29) is 5.91 Å². The molecule has 1 aromatic carbocycles. The smallest absolute Gasteiger partial charge is 0.253 e. The Morgan fingerprint density at radius 2 is 1.84 bits per heavy atom. The highest BCUT2D eigenvalue weighted by atomic mass is 16.5. The van der Waals surface area contributed by atoms with Gasteiger partial charge in [0.15, 0.2) is 0 Å². The first kappa shape index (κ1) is 19.9. The van der Waals surface area contributed by atoms with Crippen LogP contribution in [0.3, 0.4) is 0 Å². The number of rotatable bonds is 9. The summed E-state index contributed by atoms with van der Waals surface area (Å²) in [5.74, 6) is 0.174. The Bertz CT molecular complexity index is 539. The topological polar surface area (TPSA) is 32.8 Å². The van der Waals surface area contributed by atoms with Gasteiger partial charge in [0.25, 0.3) is 5.91 Å². The van der Waals surface area contributed by atoms with Gasteiger partial charge >= 0.3 is 0 Å². The van der Waals surface area contributed by atoms with Crippen molar-refractivity contribution in [1.29, 1.82) is 0 Å². The van der Waals surface area contributed by atoms with Gasteiger partial charge < -0.3 is 9.64 Å². The van der Waals surface area contributed by atoms with Gasteiger partial charge in [0.1, 0.15) is 0 Å². The third kappa shape index (κ3) is 6.44. The van der Waals surface area contributed by atoms with Gasteiger partial charge in [-0.15, -0.1) is 0 Å². The second-order valence-electron chi connectivity index (χ2n) is 7.11. The number of benzene rings is 1. The fourth-order valence-electron chi connectivity index (χ4n) is 3.19. The minimum Gasteiger partial charge on any atom is -0.379 e. The summed E-state index contributed by atoms with van der Waals surface area (Å²) < 4.78 is 5.42. The molecule has 1 heterocycles. The molecule has 0 bridgehead atoms. The number of carbonyl (C=O) groups excluding carboxylic acids is 1. The number of carbonyl (C=O) groups is 1. The second-order valence-corrected chi connectivity index (χ2v) is 7.11. The minimum absolute atomic E-state index is 0.174. The van der Waals surface area contributed by atoms with Crippen molar-refractivity contribution in [2.24, 2.45) is 0 Å². The monoisotopic (exact) mass is 346 g/mol. The van der Waals surface area contributed by atoms with E-state index in [0.29, 0.717) is 0 Å². The van der Waals surface area contributed by atoms with Crippen molar-refractivity contribution in [3.63, 3.8) is 0 Å². The summed E-state index contributed by atoms with van der Waals surface area (Å²) in [4.78, 5) is 17.5. The van der Waals surface area contributed by atoms with Crippen molar-refractivity contribution in [1.82, 2.24) is 9.80 Å². The van der Waals surface area contributed by atoms with Gasteiger partial charge in [-0.25, -0.2) is 0 Å². The summed E-state index contributed by atoms with van der Waals surface area (Å²) >= 11 is 0. The SMILES string of the molecule is CCCCCCN(CCN1CCOCC1)C(=O)c1ccc(C)c(C)c1. The van der Waals surface area contributed by atoms with Crippen LogP contribution in [0, 0.1) is 13.8 Å². The van der Waals surface area contributed by atoms with E-state index in [4.69, 9.17) is 4.74 Å². The first-order valence-electron chi connectivity index (χ1n) is 9.78. The summed E-state index contributed by atoms with van der Waals surface area (Å²) in [5.41, 5.74) is 3.24. The van der Waals surface area contributed by atoms with Crippen LogP contribution in [0.15, 0.2) is 18.2 Å². The maximum atomic E-state index is 13.0. The molecule has 0 aliphatic carbocycles. The lowest BCUT2D eigenvalue weighted by molar-refractivity contribution is 0.0324. The van der Waals surface area contributed by atoms with Crippen LogP contribution in [0.1, 0.15) is 54.1 Å². The predicted molar refractivity (Wildman–Crippen MR) is 103 cm³/mol. The van der Waals surface area contributed by atoms with E-state index in [1.165, 1.54) is 30.4 Å². The van der Waals surface area contributed by atoms with Crippen LogP contribution in [0.5, 0.6) is 0 Å². The van der Waals surface area contributed by atoms with Crippen molar-refractivity contribution in [3.05, 3.63) is 34.9 Å². The molecule has 25 heavy (non-hydrogen) atoms. The lowest BCUT2D eigenvalue weighted by atomic mass is 10.1. The molecule has 0 spiro atoms. The molecule has 0 saturated carbocycles. The molecule has 1 aliphatic heterocycles. The minimum atomic E-state index is 0.174. The molecule has 0 unspecified atom stereocenters. The first-order valence-corrected chi connectivity index (χ1v) is 9.78. The Morgan fingerprint density at radius 3 is 2.52 bits per heavy atom. The lowest BCUT2D eigenvalue weighted by Crippen LogP contribution is -2.43. The maximum absolute atomic E-state index is 13.0. The van der Waals surface area contributed by atoms with E-state index in [9.17, 15) is 4.79 Å². The van der Waals surface area contributed by atoms with E-state index in [1.807, 2.05) is 12.1 Å². The highest BCUT2D eigenvalue weighted by Gasteiger charge is 2.18. The largest absolute Gasteiger partial charge is 0.379 e. The molecular formula is C21H34N2O2. The number of aryl methyl sites for hydroxylation is 2. The maximum Gasteiger partial charge on any atom is 0.253 e. The molecule has 140 valence electrons. The molecule has 1 aliphatic rings. The van der Waals surface area contributed by atoms with Crippen molar-refractivity contribution in [2.45, 2.75) is 46.5 Å². The van der Waals surface area contributed by atoms with Crippen molar-refractivity contribution in [2.75, 3.05) is 45.9 Å². The zero-order chi connectivity index (χ0) is 18.1. The lowest BCUT2D eigenvalue weighted by Gasteiger charge is -2.30. The molecule has 1 saturated heterocycles. The number of hydrogen-bond donors (Lipinski definition) is 0. The van der Waals surface area contributed by atoms with Gasteiger partial charge in [0, 0.05) is 38.3 Å². The van der Waals surface area contributed by atoms with E-state index < -0.39 is 0 Å². The van der Waals surface area contributed by atoms with Crippen LogP contribution >= 0.6 is 0 Å². The van der Waals surface area contributed by atoms with E-state index >= 15 is 0 Å². The molecule has 1 amide bonds. The molecular weight excluding hydrogens is 312 g/mol. The summed E-state index contributed by atoms with van der Waals surface area (Å²) in [6.07, 6.45) is 4.76. The van der Waals surface area contributed by atoms with Crippen LogP contribution in [-0.4, -0.2) is 61.6 Å². The van der Waals surface area contributed by atoms with Gasteiger partial charge in [-0.3, -0.25) is 9.69 Å². The normalized spacial score (nSPS) is 15.3. The van der Waals surface area contributed by atoms with Crippen LogP contribution in [-0.2, 0) is 4.74 Å². The molecule has 0 atom stereocenters. The van der Waals surface area contributed by atoms with Gasteiger partial charge in [0.05, 0.1) is 13.2 Å². The molecule has 1 aromatic rings. The number of ether oxygens (including phenoxy) is 1. The fourth-order valence-corrected chi connectivity index (χ4v) is 3.19. The van der Waals surface area contributed by atoms with Crippen molar-refractivity contribution < 1.29 is 9.53 Å². The van der Waals surface area contributed by atoms with E-state index in [1.54, 1.807) is 0 Å². The third-order valence-corrected chi connectivity index (χ3v) is 5.11. The van der Waals surface area contributed by atoms with Crippen molar-refractivity contribution in [3.8, 4) is 0 Å². The number of amides is 1. The van der Waals surface area contributed by atoms with Crippen molar-refractivity contribution >= 4 is 5.91 Å². The zero-order valence-corrected chi connectivity index (χ0v) is 16.2. The molecule has 1 fully saturated rings. The fraction of sp³-hybridized carbons (Fsp3) is 0.667. The van der Waals surface area contributed by atoms with E-state index in [0.717, 1.165) is 57.9 Å².